The van der Waals surface area contributed by atoms with Gasteiger partial charge in [-0.05, 0) is 76.0 Å². The third-order valence-corrected chi connectivity index (χ3v) is 6.76. The molecule has 2 N–H and O–H groups in total. The molecule has 0 heterocycles. The Labute approximate surface area is 187 Å². The van der Waals surface area contributed by atoms with Gasteiger partial charge in [0.1, 0.15) is 0 Å². The first-order valence-electron chi connectivity index (χ1n) is 10.4. The van der Waals surface area contributed by atoms with E-state index in [0.717, 1.165) is 17.7 Å². The van der Waals surface area contributed by atoms with Gasteiger partial charge >= 0.3 is 0 Å². The molecule has 0 atom stereocenters. The SMILES string of the molecule is Cc1cc(C)c(S(=O)(=O)Nc2cc(C(=O)NCC(C)(C)CN(C)C)ccc2C)c(C)c1. The molecule has 0 fully saturated rings. The van der Waals surface area contributed by atoms with Gasteiger partial charge in [0.05, 0.1) is 10.6 Å². The lowest BCUT2D eigenvalue weighted by Crippen LogP contribution is -2.40. The first-order chi connectivity index (χ1) is 14.2. The van der Waals surface area contributed by atoms with Crippen molar-refractivity contribution >= 4 is 21.6 Å². The maximum atomic E-state index is 13.1. The summed E-state index contributed by atoms with van der Waals surface area (Å²) in [6.45, 7) is 12.9. The first-order valence-corrected chi connectivity index (χ1v) is 11.8. The number of carbonyl (C=O) groups is 1. The average molecular weight is 446 g/mol. The van der Waals surface area contributed by atoms with Gasteiger partial charge in [-0.2, -0.15) is 0 Å². The molecule has 170 valence electrons. The van der Waals surface area contributed by atoms with E-state index in [-0.39, 0.29) is 16.2 Å². The van der Waals surface area contributed by atoms with Crippen molar-refractivity contribution in [1.29, 1.82) is 0 Å². The van der Waals surface area contributed by atoms with Crippen LogP contribution in [0.5, 0.6) is 0 Å². The lowest BCUT2D eigenvalue weighted by atomic mass is 9.93. The van der Waals surface area contributed by atoms with Gasteiger partial charge in [-0.15, -0.1) is 0 Å². The smallest absolute Gasteiger partial charge is 0.262 e. The number of benzene rings is 2. The highest BCUT2D eigenvalue weighted by Crippen LogP contribution is 2.26. The Kier molecular flexibility index (Phi) is 7.55. The molecule has 0 radical (unpaired) electrons. The molecule has 0 spiro atoms. The van der Waals surface area contributed by atoms with Crippen LogP contribution >= 0.6 is 0 Å². The summed E-state index contributed by atoms with van der Waals surface area (Å²) >= 11 is 0. The number of hydrogen-bond donors (Lipinski definition) is 2. The van der Waals surface area contributed by atoms with Crippen LogP contribution in [-0.4, -0.2) is 46.4 Å². The fourth-order valence-electron chi connectivity index (χ4n) is 3.99. The molecule has 0 aromatic heterocycles. The molecule has 2 rings (SSSR count). The van der Waals surface area contributed by atoms with Gasteiger partial charge in [0.25, 0.3) is 15.9 Å². The van der Waals surface area contributed by atoms with E-state index in [9.17, 15) is 13.2 Å². The van der Waals surface area contributed by atoms with Crippen LogP contribution in [0, 0.1) is 33.1 Å². The van der Waals surface area contributed by atoms with E-state index in [1.165, 1.54) is 0 Å². The Morgan fingerprint density at radius 1 is 0.968 bits per heavy atom. The molecule has 0 bridgehead atoms. The number of hydrogen-bond acceptors (Lipinski definition) is 4. The molecule has 31 heavy (non-hydrogen) atoms. The van der Waals surface area contributed by atoms with Crippen molar-refractivity contribution in [2.45, 2.75) is 46.4 Å². The lowest BCUT2D eigenvalue weighted by molar-refractivity contribution is 0.0929. The number of nitrogens with zero attached hydrogens (tertiary/aromatic N) is 1. The fraction of sp³-hybridized carbons (Fsp3) is 0.458. The van der Waals surface area contributed by atoms with Crippen LogP contribution in [-0.2, 0) is 10.0 Å². The number of nitrogens with one attached hydrogen (secondary N) is 2. The largest absolute Gasteiger partial charge is 0.351 e. The van der Waals surface area contributed by atoms with E-state index in [1.807, 2.05) is 40.1 Å². The molecule has 0 aliphatic heterocycles. The van der Waals surface area contributed by atoms with E-state index in [1.54, 1.807) is 32.0 Å². The Bertz CT molecular complexity index is 1050. The Balaban J connectivity index is 2.26. The number of amides is 1. The van der Waals surface area contributed by atoms with E-state index in [2.05, 4.69) is 28.8 Å². The lowest BCUT2D eigenvalue weighted by Gasteiger charge is -2.28. The Morgan fingerprint density at radius 2 is 1.55 bits per heavy atom. The molecule has 0 unspecified atom stereocenters. The molecular weight excluding hydrogens is 410 g/mol. The molecule has 0 saturated heterocycles. The van der Waals surface area contributed by atoms with Crippen molar-refractivity contribution in [3.8, 4) is 0 Å². The van der Waals surface area contributed by atoms with Gasteiger partial charge in [0, 0.05) is 18.7 Å². The molecular formula is C24H35N3O3S. The van der Waals surface area contributed by atoms with E-state index in [0.29, 0.717) is 28.9 Å². The predicted molar refractivity (Wildman–Crippen MR) is 127 cm³/mol. The van der Waals surface area contributed by atoms with Gasteiger partial charge in [-0.1, -0.05) is 37.6 Å². The fourth-order valence-corrected chi connectivity index (χ4v) is 5.57. The van der Waals surface area contributed by atoms with Gasteiger partial charge in [0.15, 0.2) is 0 Å². The van der Waals surface area contributed by atoms with E-state index < -0.39 is 10.0 Å². The molecule has 0 aliphatic rings. The maximum absolute atomic E-state index is 13.1. The average Bonchev–Trinajstić information content (AvgIpc) is 2.59. The predicted octanol–water partition coefficient (Wildman–Crippen LogP) is 4.04. The summed E-state index contributed by atoms with van der Waals surface area (Å²) in [4.78, 5) is 15.1. The van der Waals surface area contributed by atoms with Crippen LogP contribution in [0.1, 0.15) is 46.5 Å². The minimum Gasteiger partial charge on any atom is -0.351 e. The van der Waals surface area contributed by atoms with E-state index >= 15 is 0 Å². The summed E-state index contributed by atoms with van der Waals surface area (Å²) in [6, 6.07) is 8.78. The summed E-state index contributed by atoms with van der Waals surface area (Å²) < 4.78 is 28.9. The zero-order valence-corrected chi connectivity index (χ0v) is 20.7. The summed E-state index contributed by atoms with van der Waals surface area (Å²) in [6.07, 6.45) is 0. The zero-order chi connectivity index (χ0) is 23.6. The second kappa shape index (κ2) is 9.40. The Hall–Kier alpha value is -2.38. The third kappa shape index (κ3) is 6.55. The number of anilines is 1. The van der Waals surface area contributed by atoms with Crippen molar-refractivity contribution in [3.05, 3.63) is 58.1 Å². The van der Waals surface area contributed by atoms with Gasteiger partial charge in [-0.25, -0.2) is 8.42 Å². The second-order valence-electron chi connectivity index (χ2n) is 9.45. The monoisotopic (exact) mass is 445 g/mol. The second-order valence-corrected chi connectivity index (χ2v) is 11.1. The maximum Gasteiger partial charge on any atom is 0.262 e. The van der Waals surface area contributed by atoms with Crippen LogP contribution in [0.4, 0.5) is 5.69 Å². The molecule has 2 aromatic rings. The molecule has 0 saturated carbocycles. The topological polar surface area (TPSA) is 78.5 Å². The number of aryl methyl sites for hydroxylation is 4. The standard InChI is InChI=1S/C24H35N3O3S/c1-16-11-18(3)22(19(4)12-16)31(29,30)26-21-13-20(10-9-17(21)2)23(28)25-14-24(5,6)15-27(7)8/h9-13,26H,14-15H2,1-8H3,(H,25,28). The van der Waals surface area contributed by atoms with Gasteiger partial charge in [0.2, 0.25) is 0 Å². The molecule has 7 heteroatoms. The highest BCUT2D eigenvalue weighted by molar-refractivity contribution is 7.92. The summed E-state index contributed by atoms with van der Waals surface area (Å²) in [7, 11) is 0.206. The third-order valence-electron chi connectivity index (χ3n) is 5.09. The highest BCUT2D eigenvalue weighted by atomic mass is 32.2. The zero-order valence-electron chi connectivity index (χ0n) is 19.9. The minimum absolute atomic E-state index is 0.0885. The summed E-state index contributed by atoms with van der Waals surface area (Å²) in [5.74, 6) is -0.227. The van der Waals surface area contributed by atoms with E-state index in [4.69, 9.17) is 0 Å². The molecule has 2 aromatic carbocycles. The van der Waals surface area contributed by atoms with Crippen molar-refractivity contribution in [2.75, 3.05) is 31.9 Å². The number of carbonyl (C=O) groups excluding carboxylic acids is 1. The van der Waals surface area contributed by atoms with Crippen LogP contribution < -0.4 is 10.0 Å². The minimum atomic E-state index is -3.79. The van der Waals surface area contributed by atoms with Gasteiger partial charge < -0.3 is 10.2 Å². The normalized spacial score (nSPS) is 12.2. The van der Waals surface area contributed by atoms with Crippen molar-refractivity contribution in [1.82, 2.24) is 10.2 Å². The number of rotatable bonds is 8. The summed E-state index contributed by atoms with van der Waals surface area (Å²) in [5.41, 5.74) is 3.88. The van der Waals surface area contributed by atoms with Crippen molar-refractivity contribution in [3.63, 3.8) is 0 Å². The quantitative estimate of drug-likeness (QED) is 0.643. The van der Waals surface area contributed by atoms with Crippen molar-refractivity contribution in [2.24, 2.45) is 5.41 Å². The highest BCUT2D eigenvalue weighted by Gasteiger charge is 2.23. The van der Waals surface area contributed by atoms with Crippen LogP contribution in [0.2, 0.25) is 0 Å². The van der Waals surface area contributed by atoms with Gasteiger partial charge in [-0.3, -0.25) is 9.52 Å². The molecule has 1 amide bonds. The van der Waals surface area contributed by atoms with Crippen LogP contribution in [0.25, 0.3) is 0 Å². The molecule has 6 nitrogen and oxygen atoms in total. The Morgan fingerprint density at radius 3 is 2.10 bits per heavy atom. The number of sulfonamides is 1. The van der Waals surface area contributed by atoms with Crippen LogP contribution in [0.15, 0.2) is 35.2 Å². The van der Waals surface area contributed by atoms with Crippen molar-refractivity contribution < 1.29 is 13.2 Å². The van der Waals surface area contributed by atoms with Crippen LogP contribution in [0.3, 0.4) is 0 Å². The summed E-state index contributed by atoms with van der Waals surface area (Å²) in [5, 5.41) is 2.97. The first kappa shape index (κ1) is 24.9. The molecule has 0 aliphatic carbocycles.